The van der Waals surface area contributed by atoms with E-state index in [-0.39, 0.29) is 21.3 Å². The summed E-state index contributed by atoms with van der Waals surface area (Å²) >= 11 is 5.90. The Morgan fingerprint density at radius 3 is 2.40 bits per heavy atom. The molecular weight excluding hydrogens is 366 g/mol. The summed E-state index contributed by atoms with van der Waals surface area (Å²) in [4.78, 5) is 24.1. The molecule has 0 aromatic heterocycles. The minimum atomic E-state index is -3.99. The molecule has 2 aromatic carbocycles. The van der Waals surface area contributed by atoms with Crippen LogP contribution in [0.5, 0.6) is 0 Å². The van der Waals surface area contributed by atoms with Crippen LogP contribution in [0.4, 0.5) is 0 Å². The normalized spacial score (nSPS) is 11.2. The molecule has 0 atom stereocenters. The van der Waals surface area contributed by atoms with Gasteiger partial charge in [0, 0.05) is 5.56 Å². The number of halogens is 1. The number of ketones is 1. The first-order chi connectivity index (χ1) is 11.6. The quantitative estimate of drug-likeness (QED) is 0.633. The summed E-state index contributed by atoms with van der Waals surface area (Å²) in [6.45, 7) is 3.14. The van der Waals surface area contributed by atoms with Crippen LogP contribution in [-0.2, 0) is 14.8 Å². The molecule has 2 rings (SSSR count). The summed E-state index contributed by atoms with van der Waals surface area (Å²) in [5, 5.41) is 5.02. The number of primary sulfonamides is 1. The van der Waals surface area contributed by atoms with Gasteiger partial charge in [0.05, 0.1) is 15.5 Å². The fourth-order valence-corrected chi connectivity index (χ4v) is 2.90. The maximum atomic E-state index is 12.2. The van der Waals surface area contributed by atoms with E-state index in [1.54, 1.807) is 19.1 Å². The number of sulfonamides is 1. The van der Waals surface area contributed by atoms with E-state index < -0.39 is 22.6 Å². The topological polar surface area (TPSA) is 104 Å². The van der Waals surface area contributed by atoms with E-state index >= 15 is 0 Å². The highest BCUT2D eigenvalue weighted by Gasteiger charge is 2.19. The molecule has 0 saturated carbocycles. The number of esters is 1. The fourth-order valence-electron chi connectivity index (χ4n) is 2.16. The Balaban J connectivity index is 2.18. The predicted molar refractivity (Wildman–Crippen MR) is 93.4 cm³/mol. The molecule has 0 bridgehead atoms. The van der Waals surface area contributed by atoms with Gasteiger partial charge in [0.2, 0.25) is 15.8 Å². The molecule has 0 aliphatic carbocycles. The minimum Gasteiger partial charge on any atom is -0.454 e. The minimum absolute atomic E-state index is 0.00316. The van der Waals surface area contributed by atoms with Crippen molar-refractivity contribution in [2.45, 2.75) is 18.7 Å². The lowest BCUT2D eigenvalue weighted by Gasteiger charge is -2.09. The lowest BCUT2D eigenvalue weighted by molar-refractivity contribution is 0.0474. The van der Waals surface area contributed by atoms with Crippen LogP contribution in [0.3, 0.4) is 0 Å². The Hall–Kier alpha value is -2.22. The average Bonchev–Trinajstić information content (AvgIpc) is 2.53. The average molecular weight is 382 g/mol. The van der Waals surface area contributed by atoms with E-state index in [2.05, 4.69) is 0 Å². The zero-order valence-electron chi connectivity index (χ0n) is 13.6. The Morgan fingerprint density at radius 1 is 1.08 bits per heavy atom. The fraction of sp³-hybridized carbons (Fsp3) is 0.176. The SMILES string of the molecule is Cc1ccc(C)c(C(=O)COC(=O)c2cc(S(N)(=O)=O)ccc2Cl)c1. The van der Waals surface area contributed by atoms with E-state index in [0.29, 0.717) is 5.56 Å². The van der Waals surface area contributed by atoms with Crippen molar-refractivity contribution >= 4 is 33.4 Å². The summed E-state index contributed by atoms with van der Waals surface area (Å²) in [7, 11) is -3.99. The van der Waals surface area contributed by atoms with Gasteiger partial charge in [-0.05, 0) is 43.7 Å². The maximum absolute atomic E-state index is 12.2. The van der Waals surface area contributed by atoms with Crippen LogP contribution in [0, 0.1) is 13.8 Å². The van der Waals surface area contributed by atoms with Gasteiger partial charge >= 0.3 is 5.97 Å². The van der Waals surface area contributed by atoms with Gasteiger partial charge < -0.3 is 4.74 Å². The van der Waals surface area contributed by atoms with Crippen molar-refractivity contribution in [1.82, 2.24) is 0 Å². The Bertz CT molecular complexity index is 954. The molecule has 0 aliphatic rings. The molecule has 0 aliphatic heterocycles. The van der Waals surface area contributed by atoms with Crippen molar-refractivity contribution in [1.29, 1.82) is 0 Å². The number of carbonyl (C=O) groups excluding carboxylic acids is 2. The van der Waals surface area contributed by atoms with Crippen molar-refractivity contribution < 1.29 is 22.7 Å². The van der Waals surface area contributed by atoms with Crippen LogP contribution in [0.2, 0.25) is 5.02 Å². The first kappa shape index (κ1) is 19.1. The molecule has 0 radical (unpaired) electrons. The van der Waals surface area contributed by atoms with Gasteiger partial charge in [-0.3, -0.25) is 4.79 Å². The number of hydrogen-bond donors (Lipinski definition) is 1. The summed E-state index contributed by atoms with van der Waals surface area (Å²) in [6, 6.07) is 8.80. The smallest absolute Gasteiger partial charge is 0.340 e. The highest BCUT2D eigenvalue weighted by Crippen LogP contribution is 2.21. The van der Waals surface area contributed by atoms with Crippen LogP contribution < -0.4 is 5.14 Å². The van der Waals surface area contributed by atoms with E-state index in [0.717, 1.165) is 17.2 Å². The number of hydrogen-bond acceptors (Lipinski definition) is 5. The van der Waals surface area contributed by atoms with E-state index in [1.807, 2.05) is 13.0 Å². The number of aryl methyl sites for hydroxylation is 2. The van der Waals surface area contributed by atoms with Gasteiger partial charge in [0.1, 0.15) is 0 Å². The number of benzene rings is 2. The number of ether oxygens (including phenoxy) is 1. The Kier molecular flexibility index (Phi) is 5.62. The van der Waals surface area contributed by atoms with Crippen molar-refractivity contribution in [2.75, 3.05) is 6.61 Å². The van der Waals surface area contributed by atoms with Crippen LogP contribution in [0.15, 0.2) is 41.3 Å². The highest BCUT2D eigenvalue weighted by atomic mass is 35.5. The molecule has 0 fully saturated rings. The summed E-state index contributed by atoms with van der Waals surface area (Å²) in [5.74, 6) is -1.28. The predicted octanol–water partition coefficient (Wildman–Crippen LogP) is 2.64. The van der Waals surface area contributed by atoms with Gasteiger partial charge in [-0.1, -0.05) is 29.3 Å². The molecule has 2 N–H and O–H groups in total. The second kappa shape index (κ2) is 7.35. The van der Waals surface area contributed by atoms with Crippen LogP contribution in [0.1, 0.15) is 31.8 Å². The third-order valence-corrected chi connectivity index (χ3v) is 4.75. The van der Waals surface area contributed by atoms with Crippen molar-refractivity contribution in [3.8, 4) is 0 Å². The maximum Gasteiger partial charge on any atom is 0.340 e. The first-order valence-electron chi connectivity index (χ1n) is 7.19. The molecule has 8 heteroatoms. The molecular formula is C17H16ClNO5S. The summed E-state index contributed by atoms with van der Waals surface area (Å²) < 4.78 is 27.7. The standard InChI is InChI=1S/C17H16ClNO5S/c1-10-3-4-11(2)13(7-10)16(20)9-24-17(21)14-8-12(25(19,22)23)5-6-15(14)18/h3-8H,9H2,1-2H3,(H2,19,22,23). The van der Waals surface area contributed by atoms with Crippen LogP contribution in [-0.4, -0.2) is 26.8 Å². The van der Waals surface area contributed by atoms with Gasteiger partial charge in [-0.15, -0.1) is 0 Å². The van der Waals surface area contributed by atoms with Gasteiger partial charge in [0.25, 0.3) is 0 Å². The number of Topliss-reactive ketones (excluding diaryl/α,β-unsaturated/α-hetero) is 1. The zero-order chi connectivity index (χ0) is 18.8. The van der Waals surface area contributed by atoms with Gasteiger partial charge in [-0.25, -0.2) is 18.4 Å². The number of carbonyl (C=O) groups is 2. The third-order valence-electron chi connectivity index (χ3n) is 3.51. The lowest BCUT2D eigenvalue weighted by Crippen LogP contribution is -2.17. The third kappa shape index (κ3) is 4.66. The monoisotopic (exact) mass is 381 g/mol. The van der Waals surface area contributed by atoms with E-state index in [4.69, 9.17) is 21.5 Å². The highest BCUT2D eigenvalue weighted by molar-refractivity contribution is 7.89. The first-order valence-corrected chi connectivity index (χ1v) is 9.12. The Labute approximate surface area is 150 Å². The molecule has 0 saturated heterocycles. The Morgan fingerprint density at radius 2 is 1.76 bits per heavy atom. The summed E-state index contributed by atoms with van der Waals surface area (Å²) in [5.41, 5.74) is 1.95. The molecule has 0 heterocycles. The number of rotatable bonds is 5. The zero-order valence-corrected chi connectivity index (χ0v) is 15.1. The molecule has 132 valence electrons. The largest absolute Gasteiger partial charge is 0.454 e. The lowest BCUT2D eigenvalue weighted by atomic mass is 10.0. The van der Waals surface area contributed by atoms with Gasteiger partial charge in [-0.2, -0.15) is 0 Å². The van der Waals surface area contributed by atoms with Crippen LogP contribution >= 0.6 is 11.6 Å². The molecule has 2 aromatic rings. The van der Waals surface area contributed by atoms with E-state index in [1.165, 1.54) is 12.1 Å². The van der Waals surface area contributed by atoms with Crippen molar-refractivity contribution in [3.63, 3.8) is 0 Å². The second-order valence-electron chi connectivity index (χ2n) is 5.50. The van der Waals surface area contributed by atoms with E-state index in [9.17, 15) is 18.0 Å². The van der Waals surface area contributed by atoms with Crippen molar-refractivity contribution in [2.24, 2.45) is 5.14 Å². The van der Waals surface area contributed by atoms with Gasteiger partial charge in [0.15, 0.2) is 6.61 Å². The van der Waals surface area contributed by atoms with Crippen LogP contribution in [0.25, 0.3) is 0 Å². The van der Waals surface area contributed by atoms with Crippen molar-refractivity contribution in [3.05, 3.63) is 63.7 Å². The molecule has 6 nitrogen and oxygen atoms in total. The molecule has 0 spiro atoms. The second-order valence-corrected chi connectivity index (χ2v) is 7.47. The molecule has 25 heavy (non-hydrogen) atoms. The molecule has 0 amide bonds. The molecule has 0 unspecified atom stereocenters. The summed E-state index contributed by atoms with van der Waals surface area (Å²) in [6.07, 6.45) is 0. The number of nitrogens with two attached hydrogens (primary N) is 1.